The molecule has 34 heavy (non-hydrogen) atoms. The molecule has 0 saturated heterocycles. The molecule has 1 aromatic carbocycles. The van der Waals surface area contributed by atoms with E-state index >= 15 is 0 Å². The molecule has 1 amide bonds. The van der Waals surface area contributed by atoms with Crippen molar-refractivity contribution in [1.82, 2.24) is 9.21 Å². The van der Waals surface area contributed by atoms with E-state index in [-0.39, 0.29) is 41.5 Å². The Bertz CT molecular complexity index is 1070. The zero-order chi connectivity index (χ0) is 25.3. The summed E-state index contributed by atoms with van der Waals surface area (Å²) < 4.78 is 34.6. The fourth-order valence-electron chi connectivity index (χ4n) is 4.07. The van der Waals surface area contributed by atoms with Crippen LogP contribution in [0.25, 0.3) is 0 Å². The van der Waals surface area contributed by atoms with Crippen LogP contribution in [0.5, 0.6) is 5.75 Å². The van der Waals surface area contributed by atoms with Gasteiger partial charge in [-0.3, -0.25) is 4.79 Å². The Morgan fingerprint density at radius 2 is 2.03 bits per heavy atom. The zero-order valence-corrected chi connectivity index (χ0v) is 21.4. The van der Waals surface area contributed by atoms with E-state index in [4.69, 9.17) is 4.74 Å². The molecule has 3 rings (SSSR count). The molecule has 1 aliphatic carbocycles. The van der Waals surface area contributed by atoms with Crippen LogP contribution in [0.3, 0.4) is 0 Å². The fourth-order valence-corrected chi connectivity index (χ4v) is 5.90. The lowest BCUT2D eigenvalue weighted by molar-refractivity contribution is -0.138. The van der Waals surface area contributed by atoms with Crippen LogP contribution in [0.1, 0.15) is 52.5 Å². The number of hydrogen-bond acceptors (Lipinski definition) is 6. The van der Waals surface area contributed by atoms with Crippen molar-refractivity contribution in [2.45, 2.75) is 69.6 Å². The van der Waals surface area contributed by atoms with E-state index in [9.17, 15) is 23.4 Å². The molecule has 0 spiro atoms. The number of sulfonamides is 1. The number of nitrogens with zero attached hydrogens (tertiary/aromatic N) is 2. The lowest BCUT2D eigenvalue weighted by Crippen LogP contribution is -2.50. The number of benzene rings is 1. The summed E-state index contributed by atoms with van der Waals surface area (Å²) in [5.74, 6) is 5.63. The minimum atomic E-state index is -3.95. The summed E-state index contributed by atoms with van der Waals surface area (Å²) >= 11 is 0. The highest BCUT2D eigenvalue weighted by atomic mass is 32.2. The number of aliphatic hydroxyl groups is 2. The third kappa shape index (κ3) is 5.92. The number of rotatable bonds is 5. The molecule has 9 heteroatoms. The molecule has 1 aromatic rings. The van der Waals surface area contributed by atoms with Gasteiger partial charge in [-0.25, -0.2) is 8.42 Å². The van der Waals surface area contributed by atoms with Crippen molar-refractivity contribution in [3.05, 3.63) is 23.8 Å². The molecule has 188 valence electrons. The minimum absolute atomic E-state index is 0.00789. The molecule has 8 nitrogen and oxygen atoms in total. The second kappa shape index (κ2) is 10.2. The summed E-state index contributed by atoms with van der Waals surface area (Å²) in [4.78, 5) is 14.4. The first kappa shape index (κ1) is 26.5. The number of amides is 1. The largest absolute Gasteiger partial charge is 0.487 e. The molecule has 0 unspecified atom stereocenters. The van der Waals surface area contributed by atoms with Gasteiger partial charge >= 0.3 is 0 Å². The molecule has 1 fully saturated rings. The molecule has 0 aromatic heterocycles. The molecule has 2 N–H and O–H groups in total. The Labute approximate surface area is 202 Å². The van der Waals surface area contributed by atoms with Crippen molar-refractivity contribution in [2.75, 3.05) is 26.7 Å². The number of ether oxygens (including phenoxy) is 1. The van der Waals surface area contributed by atoms with E-state index in [1.54, 1.807) is 44.9 Å². The quantitative estimate of drug-likeness (QED) is 0.608. The van der Waals surface area contributed by atoms with Crippen LogP contribution in [-0.2, 0) is 14.8 Å². The Balaban J connectivity index is 2.02. The van der Waals surface area contributed by atoms with Gasteiger partial charge in [0.05, 0.1) is 13.2 Å². The smallest absolute Gasteiger partial charge is 0.247 e. The molecule has 1 saturated carbocycles. The monoisotopic (exact) mass is 492 g/mol. The van der Waals surface area contributed by atoms with Gasteiger partial charge < -0.3 is 19.8 Å². The van der Waals surface area contributed by atoms with Crippen molar-refractivity contribution in [3.8, 4) is 17.6 Å². The number of likely N-dealkylation sites (N-methyl/N-ethyl adjacent to an activating group) is 1. The van der Waals surface area contributed by atoms with Gasteiger partial charge in [0.25, 0.3) is 0 Å². The molecule has 1 aliphatic heterocycles. The number of aliphatic hydroxyl groups excluding tert-OH is 1. The van der Waals surface area contributed by atoms with Crippen molar-refractivity contribution in [1.29, 1.82) is 0 Å². The van der Waals surface area contributed by atoms with E-state index in [0.29, 0.717) is 12.1 Å². The van der Waals surface area contributed by atoms with Gasteiger partial charge in [0.2, 0.25) is 15.9 Å². The first-order chi connectivity index (χ1) is 15.8. The Hall–Kier alpha value is -2.12. The van der Waals surface area contributed by atoms with Crippen LogP contribution < -0.4 is 4.74 Å². The van der Waals surface area contributed by atoms with E-state index in [2.05, 4.69) is 11.8 Å². The Morgan fingerprint density at radius 1 is 1.35 bits per heavy atom. The molecular formula is C25H36N2O6S. The minimum Gasteiger partial charge on any atom is -0.487 e. The third-order valence-electron chi connectivity index (χ3n) is 6.46. The summed E-state index contributed by atoms with van der Waals surface area (Å²) in [6.07, 6.45) is 2.40. The molecule has 0 radical (unpaired) electrons. The van der Waals surface area contributed by atoms with Crippen LogP contribution in [0, 0.1) is 23.7 Å². The maximum atomic E-state index is 13.5. The lowest BCUT2D eigenvalue weighted by Gasteiger charge is -2.38. The van der Waals surface area contributed by atoms with Gasteiger partial charge in [0.1, 0.15) is 22.4 Å². The molecule has 3 atom stereocenters. The average molecular weight is 493 g/mol. The predicted molar refractivity (Wildman–Crippen MR) is 129 cm³/mol. The number of carbonyl (C=O) groups is 1. The van der Waals surface area contributed by atoms with Crippen molar-refractivity contribution >= 4 is 15.9 Å². The number of fused-ring (bicyclic) bond motifs is 1. The summed E-state index contributed by atoms with van der Waals surface area (Å²) in [5, 5.41) is 19.7. The standard InChI is InChI=1S/C25H36N2O6S/c1-17-14-27(18(2)16-28)34(31,32)23-10-9-19(11-12-25(3,4)30)13-21(23)33-22(17)15-26(5)24(29)20-7-6-8-20/h9-10,13,17-18,20,22,28,30H,6-8,14-16H2,1-5H3/t17-,18+,22-/m1/s1. The zero-order valence-electron chi connectivity index (χ0n) is 20.6. The Morgan fingerprint density at radius 3 is 2.59 bits per heavy atom. The second-order valence-corrected chi connectivity index (χ2v) is 11.9. The molecule has 2 aliphatic rings. The summed E-state index contributed by atoms with van der Waals surface area (Å²) in [5.41, 5.74) is -0.699. The maximum absolute atomic E-state index is 13.5. The van der Waals surface area contributed by atoms with Crippen LogP contribution in [-0.4, -0.2) is 78.2 Å². The highest BCUT2D eigenvalue weighted by Gasteiger charge is 2.39. The fraction of sp³-hybridized carbons (Fsp3) is 0.640. The first-order valence-corrected chi connectivity index (χ1v) is 13.2. The van der Waals surface area contributed by atoms with Crippen LogP contribution in [0.15, 0.2) is 23.1 Å². The van der Waals surface area contributed by atoms with E-state index in [1.807, 2.05) is 6.92 Å². The van der Waals surface area contributed by atoms with Crippen LogP contribution >= 0.6 is 0 Å². The topological polar surface area (TPSA) is 107 Å². The highest BCUT2D eigenvalue weighted by molar-refractivity contribution is 7.89. The third-order valence-corrected chi connectivity index (χ3v) is 8.48. The van der Waals surface area contributed by atoms with E-state index in [0.717, 1.165) is 19.3 Å². The lowest BCUT2D eigenvalue weighted by atomic mass is 9.84. The van der Waals surface area contributed by atoms with Crippen molar-refractivity contribution < 1.29 is 28.2 Å². The van der Waals surface area contributed by atoms with Crippen molar-refractivity contribution in [3.63, 3.8) is 0 Å². The first-order valence-electron chi connectivity index (χ1n) is 11.8. The van der Waals surface area contributed by atoms with Gasteiger partial charge in [-0.15, -0.1) is 0 Å². The second-order valence-electron chi connectivity index (χ2n) is 10.1. The van der Waals surface area contributed by atoms with E-state index in [1.165, 1.54) is 10.4 Å². The summed E-state index contributed by atoms with van der Waals surface area (Å²) in [6.45, 7) is 6.84. The highest BCUT2D eigenvalue weighted by Crippen LogP contribution is 2.35. The predicted octanol–water partition coefficient (Wildman–Crippen LogP) is 1.84. The molecular weight excluding hydrogens is 456 g/mol. The van der Waals surface area contributed by atoms with Crippen LogP contribution in [0.2, 0.25) is 0 Å². The average Bonchev–Trinajstić information content (AvgIpc) is 2.72. The molecule has 1 heterocycles. The van der Waals surface area contributed by atoms with Gasteiger partial charge in [0, 0.05) is 37.0 Å². The van der Waals surface area contributed by atoms with Gasteiger partial charge in [-0.05, 0) is 51.8 Å². The Kier molecular flexibility index (Phi) is 7.98. The van der Waals surface area contributed by atoms with Crippen LogP contribution in [0.4, 0.5) is 0 Å². The molecule has 0 bridgehead atoms. The summed E-state index contributed by atoms with van der Waals surface area (Å²) in [6, 6.07) is 3.97. The van der Waals surface area contributed by atoms with E-state index < -0.39 is 27.8 Å². The number of hydrogen-bond donors (Lipinski definition) is 2. The normalized spacial score (nSPS) is 23.7. The SMILES string of the molecule is C[C@@H]1CN([C@@H](C)CO)S(=O)(=O)c2ccc(C#CC(C)(C)O)cc2O[C@@H]1CN(C)C(=O)C1CCC1. The van der Waals surface area contributed by atoms with Crippen molar-refractivity contribution in [2.24, 2.45) is 11.8 Å². The van der Waals surface area contributed by atoms with Gasteiger partial charge in [-0.1, -0.05) is 25.2 Å². The summed E-state index contributed by atoms with van der Waals surface area (Å²) in [7, 11) is -2.20. The van der Waals surface area contributed by atoms with Gasteiger partial charge in [0.15, 0.2) is 0 Å². The van der Waals surface area contributed by atoms with Gasteiger partial charge in [-0.2, -0.15) is 4.31 Å². The number of carbonyl (C=O) groups excluding carboxylic acids is 1. The maximum Gasteiger partial charge on any atom is 0.247 e.